The van der Waals surface area contributed by atoms with E-state index in [1.165, 1.54) is 7.11 Å². The van der Waals surface area contributed by atoms with Gasteiger partial charge in [0.1, 0.15) is 5.54 Å². The zero-order valence-electron chi connectivity index (χ0n) is 13.3. The summed E-state index contributed by atoms with van der Waals surface area (Å²) in [5.74, 6) is -0.254. The van der Waals surface area contributed by atoms with E-state index in [2.05, 4.69) is 12.2 Å². The highest BCUT2D eigenvalue weighted by Gasteiger charge is 2.44. The summed E-state index contributed by atoms with van der Waals surface area (Å²) in [6.45, 7) is 2.08. The van der Waals surface area contributed by atoms with Gasteiger partial charge in [0.25, 0.3) is 0 Å². The Morgan fingerprint density at radius 1 is 1.39 bits per heavy atom. The number of rotatable bonds is 4. The van der Waals surface area contributed by atoms with Crippen LogP contribution in [-0.4, -0.2) is 24.5 Å². The molecule has 1 aromatic carbocycles. The maximum absolute atomic E-state index is 12.4. The van der Waals surface area contributed by atoms with Gasteiger partial charge in [0.05, 0.1) is 13.5 Å². The fraction of sp³-hybridized carbons (Fsp3) is 0.529. The van der Waals surface area contributed by atoms with Gasteiger partial charge in [-0.1, -0.05) is 49.0 Å². The molecule has 1 aliphatic rings. The summed E-state index contributed by atoms with van der Waals surface area (Å²) < 4.78 is 4.93. The highest BCUT2D eigenvalue weighted by Crippen LogP contribution is 2.33. The van der Waals surface area contributed by atoms with Gasteiger partial charge in [0.15, 0.2) is 0 Å². The van der Waals surface area contributed by atoms with Crippen LogP contribution in [0.15, 0.2) is 18.2 Å². The molecule has 1 amide bonds. The summed E-state index contributed by atoms with van der Waals surface area (Å²) in [7, 11) is 1.35. The van der Waals surface area contributed by atoms with E-state index in [-0.39, 0.29) is 18.3 Å². The number of esters is 1. The lowest BCUT2D eigenvalue weighted by Gasteiger charge is -2.38. The van der Waals surface area contributed by atoms with Gasteiger partial charge in [-0.05, 0) is 36.5 Å². The van der Waals surface area contributed by atoms with E-state index in [4.69, 9.17) is 27.9 Å². The molecule has 2 rings (SSSR count). The van der Waals surface area contributed by atoms with Crippen molar-refractivity contribution in [3.8, 4) is 0 Å². The third-order valence-corrected chi connectivity index (χ3v) is 4.91. The van der Waals surface area contributed by atoms with Crippen molar-refractivity contribution in [1.29, 1.82) is 0 Å². The van der Waals surface area contributed by atoms with Gasteiger partial charge in [-0.2, -0.15) is 0 Å². The van der Waals surface area contributed by atoms with E-state index in [9.17, 15) is 9.59 Å². The maximum Gasteiger partial charge on any atom is 0.331 e. The van der Waals surface area contributed by atoms with Crippen LogP contribution >= 0.6 is 23.2 Å². The first-order chi connectivity index (χ1) is 10.9. The number of amides is 1. The molecule has 0 aromatic heterocycles. The zero-order chi connectivity index (χ0) is 17.0. The number of hydrogen-bond donors (Lipinski definition) is 1. The smallest absolute Gasteiger partial charge is 0.331 e. The topological polar surface area (TPSA) is 55.4 Å². The second-order valence-corrected chi connectivity index (χ2v) is 7.08. The predicted molar refractivity (Wildman–Crippen MR) is 90.7 cm³/mol. The standard InChI is InChI=1S/C17H21Cl2NO3/c1-11-4-3-7-17(10-11,16(22)23-2)20-15(21)8-12-5-6-13(18)9-14(12)19/h5-6,9,11H,3-4,7-8,10H2,1-2H3,(H,20,21). The van der Waals surface area contributed by atoms with Crippen molar-refractivity contribution in [1.82, 2.24) is 5.32 Å². The fourth-order valence-electron chi connectivity index (χ4n) is 3.25. The van der Waals surface area contributed by atoms with Crippen LogP contribution in [0.3, 0.4) is 0 Å². The monoisotopic (exact) mass is 357 g/mol. The van der Waals surface area contributed by atoms with Crippen molar-refractivity contribution in [2.24, 2.45) is 5.92 Å². The van der Waals surface area contributed by atoms with E-state index < -0.39 is 5.54 Å². The molecule has 1 aromatic rings. The Kier molecular flexibility index (Phi) is 5.93. The molecule has 6 heteroatoms. The van der Waals surface area contributed by atoms with Crippen molar-refractivity contribution >= 4 is 35.1 Å². The van der Waals surface area contributed by atoms with Crippen molar-refractivity contribution in [2.45, 2.75) is 44.6 Å². The molecule has 23 heavy (non-hydrogen) atoms. The average molecular weight is 358 g/mol. The largest absolute Gasteiger partial charge is 0.467 e. The molecule has 2 unspecified atom stereocenters. The van der Waals surface area contributed by atoms with Gasteiger partial charge < -0.3 is 10.1 Å². The second kappa shape index (κ2) is 7.54. The number of nitrogens with one attached hydrogen (secondary N) is 1. The van der Waals surface area contributed by atoms with E-state index in [1.807, 2.05) is 0 Å². The molecule has 0 spiro atoms. The van der Waals surface area contributed by atoms with Crippen LogP contribution in [0, 0.1) is 5.92 Å². The molecule has 0 saturated heterocycles. The van der Waals surface area contributed by atoms with Gasteiger partial charge in [0, 0.05) is 10.0 Å². The summed E-state index contributed by atoms with van der Waals surface area (Å²) in [6.07, 6.45) is 3.24. The van der Waals surface area contributed by atoms with Crippen LogP contribution in [0.2, 0.25) is 10.0 Å². The van der Waals surface area contributed by atoms with Gasteiger partial charge in [-0.25, -0.2) is 4.79 Å². The Balaban J connectivity index is 2.13. The van der Waals surface area contributed by atoms with E-state index in [1.54, 1.807) is 18.2 Å². The second-order valence-electron chi connectivity index (χ2n) is 6.24. The first kappa shape index (κ1) is 18.1. The number of ether oxygens (including phenoxy) is 1. The van der Waals surface area contributed by atoms with Crippen LogP contribution in [-0.2, 0) is 20.7 Å². The Labute approximate surface area is 146 Å². The number of halogens is 2. The molecule has 4 nitrogen and oxygen atoms in total. The van der Waals surface area contributed by atoms with Crippen LogP contribution in [0.5, 0.6) is 0 Å². The summed E-state index contributed by atoms with van der Waals surface area (Å²) in [5, 5.41) is 3.86. The van der Waals surface area contributed by atoms with E-state index in [0.717, 1.165) is 12.8 Å². The Morgan fingerprint density at radius 3 is 2.74 bits per heavy atom. The number of hydrogen-bond acceptors (Lipinski definition) is 3. The molecule has 1 saturated carbocycles. The molecule has 0 bridgehead atoms. The number of carbonyl (C=O) groups is 2. The molecule has 1 fully saturated rings. The third kappa shape index (κ3) is 4.39. The summed E-state index contributed by atoms with van der Waals surface area (Å²) >= 11 is 12.0. The fourth-order valence-corrected chi connectivity index (χ4v) is 3.72. The minimum absolute atomic E-state index is 0.100. The van der Waals surface area contributed by atoms with Crippen LogP contribution < -0.4 is 5.32 Å². The van der Waals surface area contributed by atoms with Crippen LogP contribution in [0.4, 0.5) is 0 Å². The Hall–Kier alpha value is -1.26. The molecule has 0 radical (unpaired) electrons. The van der Waals surface area contributed by atoms with Gasteiger partial charge in [-0.15, -0.1) is 0 Å². The summed E-state index contributed by atoms with van der Waals surface area (Å²) in [5.41, 5.74) is -0.250. The highest BCUT2D eigenvalue weighted by molar-refractivity contribution is 6.35. The third-order valence-electron chi connectivity index (χ3n) is 4.32. The lowest BCUT2D eigenvalue weighted by atomic mass is 9.76. The Bertz CT molecular complexity index is 606. The number of methoxy groups -OCH3 is 1. The van der Waals surface area contributed by atoms with Gasteiger partial charge >= 0.3 is 5.97 Å². The van der Waals surface area contributed by atoms with Crippen molar-refractivity contribution in [3.05, 3.63) is 33.8 Å². The molecule has 2 atom stereocenters. The molecular formula is C17H21Cl2NO3. The molecule has 0 aliphatic heterocycles. The van der Waals surface area contributed by atoms with Crippen molar-refractivity contribution < 1.29 is 14.3 Å². The van der Waals surface area contributed by atoms with Crippen LogP contribution in [0.25, 0.3) is 0 Å². The number of benzene rings is 1. The van der Waals surface area contributed by atoms with E-state index >= 15 is 0 Å². The first-order valence-corrected chi connectivity index (χ1v) is 8.45. The minimum atomic E-state index is -0.928. The molecular weight excluding hydrogens is 337 g/mol. The van der Waals surface area contributed by atoms with Gasteiger partial charge in [0.2, 0.25) is 5.91 Å². The van der Waals surface area contributed by atoms with Crippen molar-refractivity contribution in [3.63, 3.8) is 0 Å². The van der Waals surface area contributed by atoms with Crippen LogP contribution in [0.1, 0.15) is 38.2 Å². The predicted octanol–water partition coefficient (Wildman–Crippen LogP) is 3.77. The average Bonchev–Trinajstić information content (AvgIpc) is 2.49. The van der Waals surface area contributed by atoms with Gasteiger partial charge in [-0.3, -0.25) is 4.79 Å². The molecule has 1 N–H and O–H groups in total. The lowest BCUT2D eigenvalue weighted by molar-refractivity contribution is -0.153. The quantitative estimate of drug-likeness (QED) is 0.834. The SMILES string of the molecule is COC(=O)C1(NC(=O)Cc2ccc(Cl)cc2Cl)CCCC(C)C1. The Morgan fingerprint density at radius 2 is 2.13 bits per heavy atom. The first-order valence-electron chi connectivity index (χ1n) is 7.69. The number of carbonyl (C=O) groups excluding carboxylic acids is 2. The van der Waals surface area contributed by atoms with Crippen molar-refractivity contribution in [2.75, 3.05) is 7.11 Å². The highest BCUT2D eigenvalue weighted by atomic mass is 35.5. The summed E-state index contributed by atoms with van der Waals surface area (Å²) in [4.78, 5) is 24.7. The molecule has 1 aliphatic carbocycles. The van der Waals surface area contributed by atoms with E-state index in [0.29, 0.717) is 34.4 Å². The maximum atomic E-state index is 12.4. The molecule has 126 valence electrons. The molecule has 0 heterocycles. The summed E-state index contributed by atoms with van der Waals surface area (Å²) in [6, 6.07) is 5.01. The zero-order valence-corrected chi connectivity index (χ0v) is 14.8. The normalized spacial score (nSPS) is 24.1. The minimum Gasteiger partial charge on any atom is -0.467 e. The lowest BCUT2D eigenvalue weighted by Crippen LogP contribution is -2.57.